The van der Waals surface area contributed by atoms with Crippen LogP contribution in [0.5, 0.6) is 0 Å². The van der Waals surface area contributed by atoms with Crippen LogP contribution in [0.3, 0.4) is 0 Å². The predicted molar refractivity (Wildman–Crippen MR) is 146 cm³/mol. The molecule has 176 valence electrons. The van der Waals surface area contributed by atoms with Gasteiger partial charge in [0.25, 0.3) is 0 Å². The Hall–Kier alpha value is -3.89. The predicted octanol–water partition coefficient (Wildman–Crippen LogP) is 7.33. The van der Waals surface area contributed by atoms with E-state index in [0.29, 0.717) is 0 Å². The van der Waals surface area contributed by atoms with Gasteiger partial charge in [0.1, 0.15) is 0 Å². The van der Waals surface area contributed by atoms with Crippen molar-refractivity contribution in [3.63, 3.8) is 0 Å². The van der Waals surface area contributed by atoms with E-state index in [1.54, 1.807) is 0 Å². The highest BCUT2D eigenvalue weighted by atomic mass is 14.9. The number of hydrogen-bond donors (Lipinski definition) is 3. The number of fused-ring (bicyclic) bond motifs is 1. The molecular formula is C31H32N4. The summed E-state index contributed by atoms with van der Waals surface area (Å²) in [4.78, 5) is 7.95. The quantitative estimate of drug-likeness (QED) is 0.204. The van der Waals surface area contributed by atoms with Crippen molar-refractivity contribution < 1.29 is 0 Å². The first-order chi connectivity index (χ1) is 17.2. The number of para-hydroxylation sites is 1. The Kier molecular flexibility index (Phi) is 7.21. The van der Waals surface area contributed by atoms with Crippen LogP contribution in [-0.2, 0) is 19.4 Å². The summed E-state index contributed by atoms with van der Waals surface area (Å²) in [5.74, 6) is 0. The third kappa shape index (κ3) is 5.97. The van der Waals surface area contributed by atoms with Crippen LogP contribution in [0, 0.1) is 0 Å². The number of benzene rings is 3. The van der Waals surface area contributed by atoms with Crippen molar-refractivity contribution >= 4 is 22.3 Å². The summed E-state index contributed by atoms with van der Waals surface area (Å²) in [7, 11) is 0. The maximum Gasteiger partial charge on any atom is 0.0591 e. The Morgan fingerprint density at radius 2 is 1.60 bits per heavy atom. The number of aryl methyl sites for hydroxylation is 2. The molecule has 0 bridgehead atoms. The van der Waals surface area contributed by atoms with Gasteiger partial charge in [-0.05, 0) is 73.2 Å². The molecule has 0 spiro atoms. The molecule has 4 nitrogen and oxygen atoms in total. The van der Waals surface area contributed by atoms with Crippen LogP contribution in [0.25, 0.3) is 10.9 Å². The molecular weight excluding hydrogens is 428 g/mol. The average Bonchev–Trinajstić information content (AvgIpc) is 3.32. The fourth-order valence-electron chi connectivity index (χ4n) is 4.48. The first-order valence-electron chi connectivity index (χ1n) is 12.4. The van der Waals surface area contributed by atoms with Gasteiger partial charge in [-0.15, -0.1) is 0 Å². The summed E-state index contributed by atoms with van der Waals surface area (Å²) >= 11 is 0. The monoisotopic (exact) mass is 460 g/mol. The van der Waals surface area contributed by atoms with Gasteiger partial charge in [0, 0.05) is 47.3 Å². The number of aromatic amines is 1. The van der Waals surface area contributed by atoms with Crippen molar-refractivity contribution in [2.24, 2.45) is 0 Å². The third-order valence-electron chi connectivity index (χ3n) is 6.51. The summed E-state index contributed by atoms with van der Waals surface area (Å²) in [5, 5.41) is 8.43. The Morgan fingerprint density at radius 3 is 2.46 bits per heavy atom. The molecule has 0 fully saturated rings. The van der Waals surface area contributed by atoms with Gasteiger partial charge >= 0.3 is 0 Å². The molecule has 4 heteroatoms. The standard InChI is InChI=1S/C31H32N4/c1-23(33-21-25-8-3-2-4-9-25)31-20-28(18-19-32-31)35-27-16-14-24(15-17-27)10-7-11-26-22-34-30-13-6-5-12-29(26)30/h2-6,8-9,12-20,22-23,33-34H,7,10-11,21H2,1H3,(H,32,35). The van der Waals surface area contributed by atoms with Crippen LogP contribution >= 0.6 is 0 Å². The number of aromatic nitrogens is 2. The minimum atomic E-state index is 0.163. The van der Waals surface area contributed by atoms with Crippen LogP contribution in [0.1, 0.15) is 41.8 Å². The molecule has 0 aliphatic rings. The second-order valence-electron chi connectivity index (χ2n) is 9.09. The van der Waals surface area contributed by atoms with Crippen LogP contribution in [0.4, 0.5) is 11.4 Å². The number of rotatable bonds is 10. The summed E-state index contributed by atoms with van der Waals surface area (Å²) < 4.78 is 0. The van der Waals surface area contributed by atoms with Crippen LogP contribution in [-0.4, -0.2) is 9.97 Å². The highest BCUT2D eigenvalue weighted by Crippen LogP contribution is 2.22. The van der Waals surface area contributed by atoms with Crippen molar-refractivity contribution in [2.45, 2.75) is 38.8 Å². The molecule has 3 N–H and O–H groups in total. The SMILES string of the molecule is CC(NCc1ccccc1)c1cc(Nc2ccc(CCCc3c[nH]c4ccccc34)cc2)ccn1. The lowest BCUT2D eigenvalue weighted by Gasteiger charge is -2.15. The third-order valence-corrected chi connectivity index (χ3v) is 6.51. The first-order valence-corrected chi connectivity index (χ1v) is 12.4. The zero-order valence-electron chi connectivity index (χ0n) is 20.2. The normalized spacial score (nSPS) is 12.0. The molecule has 3 aromatic carbocycles. The molecule has 0 radical (unpaired) electrons. The zero-order valence-corrected chi connectivity index (χ0v) is 20.2. The van der Waals surface area contributed by atoms with Gasteiger partial charge in [-0.1, -0.05) is 60.7 Å². The molecule has 2 aromatic heterocycles. The molecule has 1 unspecified atom stereocenters. The largest absolute Gasteiger partial charge is 0.361 e. The fourth-order valence-corrected chi connectivity index (χ4v) is 4.48. The molecule has 5 rings (SSSR count). The number of hydrogen-bond acceptors (Lipinski definition) is 3. The van der Waals surface area contributed by atoms with Gasteiger partial charge in [0.2, 0.25) is 0 Å². The van der Waals surface area contributed by atoms with E-state index in [9.17, 15) is 0 Å². The molecule has 5 aromatic rings. The minimum Gasteiger partial charge on any atom is -0.361 e. The van der Waals surface area contributed by atoms with E-state index in [0.717, 1.165) is 42.9 Å². The highest BCUT2D eigenvalue weighted by Gasteiger charge is 2.08. The Labute approximate surface area is 207 Å². The van der Waals surface area contributed by atoms with Crippen molar-refractivity contribution in [3.8, 4) is 0 Å². The zero-order chi connectivity index (χ0) is 23.9. The molecule has 0 saturated heterocycles. The molecule has 0 amide bonds. The van der Waals surface area contributed by atoms with E-state index in [2.05, 4.69) is 113 Å². The second-order valence-corrected chi connectivity index (χ2v) is 9.09. The van der Waals surface area contributed by atoms with E-state index in [1.807, 2.05) is 18.3 Å². The topological polar surface area (TPSA) is 52.7 Å². The second kappa shape index (κ2) is 11.0. The molecule has 35 heavy (non-hydrogen) atoms. The van der Waals surface area contributed by atoms with Crippen LogP contribution in [0.15, 0.2) is 103 Å². The summed E-state index contributed by atoms with van der Waals surface area (Å²) in [6.07, 6.45) is 7.32. The molecule has 2 heterocycles. The first kappa shape index (κ1) is 22.9. The van der Waals surface area contributed by atoms with E-state index in [1.165, 1.54) is 27.6 Å². The van der Waals surface area contributed by atoms with Crippen molar-refractivity contribution in [2.75, 3.05) is 5.32 Å². The maximum atomic E-state index is 4.58. The summed E-state index contributed by atoms with van der Waals surface area (Å²) in [6, 6.07) is 32.1. The summed E-state index contributed by atoms with van der Waals surface area (Å²) in [5.41, 5.74) is 8.43. The number of anilines is 2. The van der Waals surface area contributed by atoms with E-state index in [4.69, 9.17) is 0 Å². The number of H-pyrrole nitrogens is 1. The van der Waals surface area contributed by atoms with Gasteiger partial charge in [-0.25, -0.2) is 0 Å². The van der Waals surface area contributed by atoms with Crippen LogP contribution in [0.2, 0.25) is 0 Å². The number of pyridine rings is 1. The minimum absolute atomic E-state index is 0.163. The fraction of sp³-hybridized carbons (Fsp3) is 0.194. The molecule has 0 aliphatic heterocycles. The highest BCUT2D eigenvalue weighted by molar-refractivity contribution is 5.83. The van der Waals surface area contributed by atoms with Crippen molar-refractivity contribution in [3.05, 3.63) is 126 Å². The van der Waals surface area contributed by atoms with Gasteiger partial charge in [0.15, 0.2) is 0 Å². The van der Waals surface area contributed by atoms with Gasteiger partial charge in [-0.2, -0.15) is 0 Å². The van der Waals surface area contributed by atoms with E-state index >= 15 is 0 Å². The molecule has 1 atom stereocenters. The van der Waals surface area contributed by atoms with Gasteiger partial charge in [0.05, 0.1) is 5.69 Å². The smallest absolute Gasteiger partial charge is 0.0591 e. The average molecular weight is 461 g/mol. The summed E-state index contributed by atoms with van der Waals surface area (Å²) in [6.45, 7) is 2.98. The lowest BCUT2D eigenvalue weighted by molar-refractivity contribution is 0.562. The lowest BCUT2D eigenvalue weighted by Crippen LogP contribution is -2.19. The molecule has 0 aliphatic carbocycles. The van der Waals surface area contributed by atoms with Gasteiger partial charge in [-0.3, -0.25) is 4.98 Å². The van der Waals surface area contributed by atoms with Crippen molar-refractivity contribution in [1.82, 2.24) is 15.3 Å². The Balaban J connectivity index is 1.13. The van der Waals surface area contributed by atoms with Crippen molar-refractivity contribution in [1.29, 1.82) is 0 Å². The lowest BCUT2D eigenvalue weighted by atomic mass is 10.0. The Morgan fingerprint density at radius 1 is 0.800 bits per heavy atom. The maximum absolute atomic E-state index is 4.58. The number of nitrogens with one attached hydrogen (secondary N) is 3. The Bertz CT molecular complexity index is 1360. The van der Waals surface area contributed by atoms with Crippen LogP contribution < -0.4 is 10.6 Å². The van der Waals surface area contributed by atoms with E-state index in [-0.39, 0.29) is 6.04 Å². The number of nitrogens with zero attached hydrogens (tertiary/aromatic N) is 1. The van der Waals surface area contributed by atoms with Gasteiger partial charge < -0.3 is 15.6 Å². The molecule has 0 saturated carbocycles. The van der Waals surface area contributed by atoms with E-state index < -0.39 is 0 Å².